The van der Waals surface area contributed by atoms with Crippen molar-refractivity contribution < 1.29 is 21.3 Å². The Labute approximate surface area is 119 Å². The van der Waals surface area contributed by atoms with E-state index in [0.717, 1.165) is 0 Å². The zero-order valence-electron chi connectivity index (χ0n) is 12.6. The van der Waals surface area contributed by atoms with E-state index in [4.69, 9.17) is 0 Å². The van der Waals surface area contributed by atoms with E-state index < -0.39 is 21.3 Å². The van der Waals surface area contributed by atoms with Crippen LogP contribution in [0.5, 0.6) is 0 Å². The number of hydrogen-bond donors (Lipinski definition) is 0. The molecule has 0 spiro atoms. The zero-order chi connectivity index (χ0) is 13.4. The van der Waals surface area contributed by atoms with Crippen molar-refractivity contribution in [2.45, 2.75) is 54.4 Å². The molecule has 0 atom stereocenters. The first kappa shape index (κ1) is 14.1. The summed E-state index contributed by atoms with van der Waals surface area (Å²) in [6.45, 7) is 13.9. The minimum atomic E-state index is -1.70. The van der Waals surface area contributed by atoms with Crippen LogP contribution in [0.15, 0.2) is 41.0 Å². The molecule has 0 amide bonds. The first-order valence-corrected chi connectivity index (χ1v) is 10.5. The van der Waals surface area contributed by atoms with Crippen molar-refractivity contribution in [3.63, 3.8) is 0 Å². The molecule has 2 rings (SSSR count). The van der Waals surface area contributed by atoms with Gasteiger partial charge in [0.15, 0.2) is 0 Å². The fourth-order valence-electron chi connectivity index (χ4n) is 3.21. The summed E-state index contributed by atoms with van der Waals surface area (Å²) >= 11 is -1.70. The molecule has 0 aromatic heterocycles. The maximum absolute atomic E-state index is 2.41. The van der Waals surface area contributed by atoms with Crippen LogP contribution in [0.2, 0.25) is 0 Å². The van der Waals surface area contributed by atoms with Crippen molar-refractivity contribution in [2.75, 3.05) is 0 Å². The van der Waals surface area contributed by atoms with Crippen molar-refractivity contribution >= 4 is 3.21 Å². The van der Waals surface area contributed by atoms with Gasteiger partial charge in [0.05, 0.1) is 0 Å². The summed E-state index contributed by atoms with van der Waals surface area (Å²) in [6.07, 6.45) is 7.32. The topological polar surface area (TPSA) is 0 Å². The quantitative estimate of drug-likeness (QED) is 0.667. The van der Waals surface area contributed by atoms with Gasteiger partial charge in [-0.25, -0.2) is 0 Å². The molecule has 0 saturated heterocycles. The molecule has 0 saturated carbocycles. The summed E-state index contributed by atoms with van der Waals surface area (Å²) in [4.78, 5) is 0. The van der Waals surface area contributed by atoms with Crippen LogP contribution in [0, 0.1) is 0 Å². The Morgan fingerprint density at radius 1 is 0.833 bits per heavy atom. The third-order valence-corrected chi connectivity index (χ3v) is 12.1. The van der Waals surface area contributed by atoms with E-state index in [9.17, 15) is 0 Å². The molecule has 0 fully saturated rings. The molecular weight excluding hydrogens is 295 g/mol. The van der Waals surface area contributed by atoms with Gasteiger partial charge in [0.1, 0.15) is 0 Å². The molecule has 0 unspecified atom stereocenters. The summed E-state index contributed by atoms with van der Waals surface area (Å²) in [7, 11) is 0. The van der Waals surface area contributed by atoms with Gasteiger partial charge in [0.2, 0.25) is 0 Å². The third-order valence-electron chi connectivity index (χ3n) is 3.89. The summed E-state index contributed by atoms with van der Waals surface area (Å²) in [6, 6.07) is 0. The third kappa shape index (κ3) is 2.67. The Morgan fingerprint density at radius 2 is 1.22 bits per heavy atom. The van der Waals surface area contributed by atoms with E-state index in [1.54, 1.807) is 25.5 Å². The van der Waals surface area contributed by atoms with Gasteiger partial charge in [-0.1, -0.05) is 0 Å². The van der Waals surface area contributed by atoms with E-state index >= 15 is 0 Å². The first-order chi connectivity index (χ1) is 8.40. The average molecular weight is 320 g/mol. The number of hydrogen-bond acceptors (Lipinski definition) is 0. The van der Waals surface area contributed by atoms with Crippen LogP contribution in [0.25, 0.3) is 0 Å². The summed E-state index contributed by atoms with van der Waals surface area (Å²) in [5.74, 6) is 0. The molecule has 2 aliphatic carbocycles. The minimum absolute atomic E-state index is 1.25. The predicted octanol–water partition coefficient (Wildman–Crippen LogP) is 5.06. The molecule has 0 N–H and O–H groups in total. The number of rotatable bonds is 2. The van der Waals surface area contributed by atoms with E-state index in [1.807, 2.05) is 6.56 Å². The maximum atomic E-state index is 2.41. The van der Waals surface area contributed by atoms with Gasteiger partial charge < -0.3 is 0 Å². The molecule has 0 aromatic carbocycles. The summed E-state index contributed by atoms with van der Waals surface area (Å²) in [5.41, 5.74) is 6.27. The van der Waals surface area contributed by atoms with Crippen LogP contribution in [0.3, 0.4) is 0 Å². The summed E-state index contributed by atoms with van der Waals surface area (Å²) in [5, 5.41) is 0. The SMILES string of the molecule is CC1=CC(C)=[C]([Zr]([C]2=C(C)C=C(C)C2)=[C](C)C)C1. The molecule has 18 heavy (non-hydrogen) atoms. The monoisotopic (exact) mass is 318 g/mol. The van der Waals surface area contributed by atoms with Gasteiger partial charge in [-0.15, -0.1) is 0 Å². The molecule has 1 heteroatoms. The van der Waals surface area contributed by atoms with Crippen LogP contribution in [-0.2, 0) is 21.3 Å². The van der Waals surface area contributed by atoms with Crippen molar-refractivity contribution in [1.29, 1.82) is 0 Å². The molecular formula is C17H24Zr. The first-order valence-electron chi connectivity index (χ1n) is 6.82. The standard InChI is InChI=1S/2C7H9.C3H6.Zr/c2*1-6-3-4-7(2)5-6;1-3-2;/h2*5H,3H2,1-2H3;1-2H3;. The molecule has 0 heterocycles. The van der Waals surface area contributed by atoms with E-state index in [0.29, 0.717) is 0 Å². The average Bonchev–Trinajstić information content (AvgIpc) is 2.71. The van der Waals surface area contributed by atoms with Gasteiger partial charge in [-0.3, -0.25) is 0 Å². The fourth-order valence-corrected chi connectivity index (χ4v) is 11.6. The van der Waals surface area contributed by atoms with Gasteiger partial charge in [-0.05, 0) is 0 Å². The van der Waals surface area contributed by atoms with Crippen molar-refractivity contribution in [3.05, 3.63) is 41.0 Å². The Morgan fingerprint density at radius 3 is 1.44 bits per heavy atom. The van der Waals surface area contributed by atoms with Gasteiger partial charge in [0.25, 0.3) is 0 Å². The van der Waals surface area contributed by atoms with Crippen molar-refractivity contribution in [2.24, 2.45) is 0 Å². The fraction of sp³-hybridized carbons (Fsp3) is 0.471. The van der Waals surface area contributed by atoms with Gasteiger partial charge in [-0.2, -0.15) is 0 Å². The Kier molecular flexibility index (Phi) is 4.22. The Hall–Kier alpha value is -0.287. The van der Waals surface area contributed by atoms with Gasteiger partial charge >= 0.3 is 120 Å². The van der Waals surface area contributed by atoms with Crippen LogP contribution < -0.4 is 0 Å². The molecule has 2 aliphatic rings. The normalized spacial score (nSPS) is 19.4. The van der Waals surface area contributed by atoms with Crippen molar-refractivity contribution in [1.82, 2.24) is 0 Å². The molecule has 0 bridgehead atoms. The van der Waals surface area contributed by atoms with Gasteiger partial charge in [0, 0.05) is 0 Å². The van der Waals surface area contributed by atoms with E-state index in [-0.39, 0.29) is 0 Å². The molecule has 0 aromatic rings. The van der Waals surface area contributed by atoms with Crippen LogP contribution in [0.4, 0.5) is 0 Å². The second-order valence-electron chi connectivity index (χ2n) is 6.03. The van der Waals surface area contributed by atoms with Crippen LogP contribution in [-0.4, -0.2) is 3.21 Å². The predicted molar refractivity (Wildman–Crippen MR) is 78.5 cm³/mol. The van der Waals surface area contributed by atoms with Crippen LogP contribution >= 0.6 is 0 Å². The van der Waals surface area contributed by atoms with E-state index in [2.05, 4.69) is 53.7 Å². The zero-order valence-corrected chi connectivity index (χ0v) is 15.0. The Balaban J connectivity index is 2.44. The number of allylic oxidation sites excluding steroid dienone is 8. The molecule has 0 aliphatic heterocycles. The second-order valence-corrected chi connectivity index (χ2v) is 13.3. The molecule has 0 radical (unpaired) electrons. The van der Waals surface area contributed by atoms with E-state index in [1.165, 1.54) is 12.8 Å². The Bertz CT molecular complexity index is 500. The molecule has 0 nitrogen and oxygen atoms in total. The molecule has 96 valence electrons. The summed E-state index contributed by atoms with van der Waals surface area (Å²) < 4.78 is 5.38. The van der Waals surface area contributed by atoms with Crippen LogP contribution in [0.1, 0.15) is 54.4 Å². The second kappa shape index (κ2) is 5.37. The van der Waals surface area contributed by atoms with Crippen molar-refractivity contribution in [3.8, 4) is 0 Å².